The third-order valence-corrected chi connectivity index (χ3v) is 3.22. The fraction of sp³-hybridized carbons (Fsp3) is 0.583. The van der Waals surface area contributed by atoms with Gasteiger partial charge in [0, 0.05) is 26.3 Å². The predicted molar refractivity (Wildman–Crippen MR) is 63.2 cm³/mol. The van der Waals surface area contributed by atoms with Crippen molar-refractivity contribution in [1.82, 2.24) is 9.88 Å². The summed E-state index contributed by atoms with van der Waals surface area (Å²) in [4.78, 5) is 5.97. The highest BCUT2D eigenvalue weighted by atomic mass is 19.4. The van der Waals surface area contributed by atoms with E-state index >= 15 is 0 Å². The van der Waals surface area contributed by atoms with E-state index in [0.717, 1.165) is 11.4 Å². The Kier molecular flexibility index (Phi) is 3.75. The standard InChI is InChI=1S/C12H16F3N3/c1-16-11-3-2-9(6-17-11)7-18-5-4-10(8-18)12(13,14)15/h2-3,6,10H,4-5,7-8H2,1H3,(H,16,17). The van der Waals surface area contributed by atoms with Gasteiger partial charge in [0.2, 0.25) is 0 Å². The second-order valence-electron chi connectivity index (χ2n) is 4.56. The molecule has 1 aliphatic rings. The monoisotopic (exact) mass is 259 g/mol. The fourth-order valence-electron chi connectivity index (χ4n) is 2.17. The molecule has 1 N–H and O–H groups in total. The lowest BCUT2D eigenvalue weighted by Gasteiger charge is -2.17. The van der Waals surface area contributed by atoms with E-state index in [9.17, 15) is 13.2 Å². The quantitative estimate of drug-likeness (QED) is 0.904. The number of hydrogen-bond donors (Lipinski definition) is 1. The number of anilines is 1. The van der Waals surface area contributed by atoms with Crippen molar-refractivity contribution in [3.05, 3.63) is 23.9 Å². The highest BCUT2D eigenvalue weighted by Crippen LogP contribution is 2.33. The van der Waals surface area contributed by atoms with Crippen molar-refractivity contribution in [3.8, 4) is 0 Å². The van der Waals surface area contributed by atoms with Crippen LogP contribution in [0.4, 0.5) is 19.0 Å². The van der Waals surface area contributed by atoms with E-state index in [1.165, 1.54) is 0 Å². The van der Waals surface area contributed by atoms with E-state index in [2.05, 4.69) is 10.3 Å². The number of rotatable bonds is 3. The zero-order valence-electron chi connectivity index (χ0n) is 10.2. The summed E-state index contributed by atoms with van der Waals surface area (Å²) in [5.41, 5.74) is 0.942. The van der Waals surface area contributed by atoms with Crippen molar-refractivity contribution in [2.45, 2.75) is 19.1 Å². The maximum atomic E-state index is 12.5. The molecular formula is C12H16F3N3. The van der Waals surface area contributed by atoms with E-state index in [1.807, 2.05) is 17.0 Å². The second kappa shape index (κ2) is 5.14. The minimum absolute atomic E-state index is 0.0945. The van der Waals surface area contributed by atoms with E-state index < -0.39 is 12.1 Å². The van der Waals surface area contributed by atoms with Gasteiger partial charge in [-0.1, -0.05) is 6.07 Å². The highest BCUT2D eigenvalue weighted by Gasteiger charge is 2.43. The second-order valence-corrected chi connectivity index (χ2v) is 4.56. The van der Waals surface area contributed by atoms with Crippen LogP contribution in [0.1, 0.15) is 12.0 Å². The molecule has 1 fully saturated rings. The van der Waals surface area contributed by atoms with Crippen molar-refractivity contribution in [2.75, 3.05) is 25.5 Å². The van der Waals surface area contributed by atoms with Crippen LogP contribution < -0.4 is 5.32 Å². The van der Waals surface area contributed by atoms with Gasteiger partial charge >= 0.3 is 6.18 Å². The number of nitrogens with zero attached hydrogens (tertiary/aromatic N) is 2. The molecular weight excluding hydrogens is 243 g/mol. The Hall–Kier alpha value is -1.30. The van der Waals surface area contributed by atoms with Gasteiger partial charge < -0.3 is 5.32 Å². The molecule has 0 radical (unpaired) electrons. The maximum absolute atomic E-state index is 12.5. The van der Waals surface area contributed by atoms with Gasteiger partial charge in [0.1, 0.15) is 5.82 Å². The first-order valence-corrected chi connectivity index (χ1v) is 5.91. The Morgan fingerprint density at radius 3 is 2.72 bits per heavy atom. The molecule has 0 spiro atoms. The van der Waals surface area contributed by atoms with Crippen LogP contribution in [0.5, 0.6) is 0 Å². The Bertz CT molecular complexity index is 389. The molecule has 0 bridgehead atoms. The van der Waals surface area contributed by atoms with Gasteiger partial charge in [0.05, 0.1) is 5.92 Å². The van der Waals surface area contributed by atoms with E-state index in [1.54, 1.807) is 13.2 Å². The molecule has 0 saturated carbocycles. The normalized spacial score (nSPS) is 21.2. The summed E-state index contributed by atoms with van der Waals surface area (Å²) in [5, 5.41) is 2.90. The third kappa shape index (κ3) is 3.13. The summed E-state index contributed by atoms with van der Waals surface area (Å²) in [6, 6.07) is 3.71. The molecule has 2 heterocycles. The molecule has 3 nitrogen and oxygen atoms in total. The lowest BCUT2D eigenvalue weighted by Crippen LogP contribution is -2.27. The average molecular weight is 259 g/mol. The summed E-state index contributed by atoms with van der Waals surface area (Å²) in [6.45, 7) is 1.12. The topological polar surface area (TPSA) is 28.2 Å². The minimum atomic E-state index is -4.07. The van der Waals surface area contributed by atoms with Gasteiger partial charge in [-0.15, -0.1) is 0 Å². The predicted octanol–water partition coefficient (Wildman–Crippen LogP) is 2.51. The largest absolute Gasteiger partial charge is 0.393 e. The molecule has 1 aromatic heterocycles. The Morgan fingerprint density at radius 2 is 2.22 bits per heavy atom. The van der Waals surface area contributed by atoms with Crippen molar-refractivity contribution >= 4 is 5.82 Å². The van der Waals surface area contributed by atoms with Gasteiger partial charge in [-0.2, -0.15) is 13.2 Å². The van der Waals surface area contributed by atoms with Gasteiger partial charge in [0.15, 0.2) is 0 Å². The average Bonchev–Trinajstić information content (AvgIpc) is 2.78. The van der Waals surface area contributed by atoms with Crippen LogP contribution in [0.2, 0.25) is 0 Å². The zero-order chi connectivity index (χ0) is 13.2. The molecule has 2 rings (SSSR count). The zero-order valence-corrected chi connectivity index (χ0v) is 10.2. The maximum Gasteiger partial charge on any atom is 0.393 e. The number of pyridine rings is 1. The number of alkyl halides is 3. The van der Waals surface area contributed by atoms with Gasteiger partial charge in [-0.25, -0.2) is 4.98 Å². The molecule has 0 amide bonds. The third-order valence-electron chi connectivity index (χ3n) is 3.22. The van der Waals surface area contributed by atoms with E-state index in [-0.39, 0.29) is 13.0 Å². The number of nitrogens with one attached hydrogen (secondary N) is 1. The number of aromatic nitrogens is 1. The molecule has 6 heteroatoms. The molecule has 1 aromatic rings. The van der Waals surface area contributed by atoms with Crippen molar-refractivity contribution in [2.24, 2.45) is 5.92 Å². The van der Waals surface area contributed by atoms with Crippen molar-refractivity contribution < 1.29 is 13.2 Å². The van der Waals surface area contributed by atoms with E-state index in [4.69, 9.17) is 0 Å². The van der Waals surface area contributed by atoms with Crippen molar-refractivity contribution in [1.29, 1.82) is 0 Å². The Labute approximate surface area is 104 Å². The van der Waals surface area contributed by atoms with Crippen LogP contribution in [0.15, 0.2) is 18.3 Å². The van der Waals surface area contributed by atoms with Crippen LogP contribution in [-0.4, -0.2) is 36.2 Å². The molecule has 18 heavy (non-hydrogen) atoms. The lowest BCUT2D eigenvalue weighted by molar-refractivity contribution is -0.170. The number of hydrogen-bond acceptors (Lipinski definition) is 3. The fourth-order valence-corrected chi connectivity index (χ4v) is 2.17. The molecule has 100 valence electrons. The first-order chi connectivity index (χ1) is 8.49. The summed E-state index contributed by atoms with van der Waals surface area (Å²) < 4.78 is 37.6. The van der Waals surface area contributed by atoms with Gasteiger partial charge in [0.25, 0.3) is 0 Å². The van der Waals surface area contributed by atoms with Gasteiger partial charge in [-0.3, -0.25) is 4.90 Å². The van der Waals surface area contributed by atoms with Crippen molar-refractivity contribution in [3.63, 3.8) is 0 Å². The number of likely N-dealkylation sites (tertiary alicyclic amines) is 1. The minimum Gasteiger partial charge on any atom is -0.373 e. The summed E-state index contributed by atoms with van der Waals surface area (Å²) in [6.07, 6.45) is -2.17. The molecule has 1 unspecified atom stereocenters. The number of halogens is 3. The molecule has 0 aromatic carbocycles. The van der Waals surface area contributed by atoms with E-state index in [0.29, 0.717) is 13.1 Å². The van der Waals surface area contributed by atoms with Crippen LogP contribution >= 0.6 is 0 Å². The summed E-state index contributed by atoms with van der Waals surface area (Å²) >= 11 is 0. The Morgan fingerprint density at radius 1 is 1.44 bits per heavy atom. The first-order valence-electron chi connectivity index (χ1n) is 5.91. The smallest absolute Gasteiger partial charge is 0.373 e. The Balaban J connectivity index is 1.91. The van der Waals surface area contributed by atoms with Crippen LogP contribution in [-0.2, 0) is 6.54 Å². The lowest BCUT2D eigenvalue weighted by atomic mass is 10.1. The highest BCUT2D eigenvalue weighted by molar-refractivity contribution is 5.34. The summed E-state index contributed by atoms with van der Waals surface area (Å²) in [7, 11) is 1.77. The molecule has 1 atom stereocenters. The van der Waals surface area contributed by atoms with Crippen LogP contribution in [0, 0.1) is 5.92 Å². The van der Waals surface area contributed by atoms with Crippen LogP contribution in [0.25, 0.3) is 0 Å². The van der Waals surface area contributed by atoms with Gasteiger partial charge in [-0.05, 0) is 24.6 Å². The molecule has 1 saturated heterocycles. The molecule has 0 aliphatic carbocycles. The summed E-state index contributed by atoms with van der Waals surface area (Å²) in [5.74, 6) is -0.421. The SMILES string of the molecule is CNc1ccc(CN2CCC(C(F)(F)F)C2)cn1. The first kappa shape index (κ1) is 13.1. The van der Waals surface area contributed by atoms with Crippen LogP contribution in [0.3, 0.4) is 0 Å². The molecule has 1 aliphatic heterocycles.